The van der Waals surface area contributed by atoms with Gasteiger partial charge in [0.25, 0.3) is 0 Å². The van der Waals surface area contributed by atoms with Gasteiger partial charge < -0.3 is 5.32 Å². The molecule has 0 radical (unpaired) electrons. The van der Waals surface area contributed by atoms with Crippen LogP contribution in [0.5, 0.6) is 0 Å². The number of hydrogen-bond donors (Lipinski definition) is 1. The van der Waals surface area contributed by atoms with E-state index in [0.29, 0.717) is 48.5 Å². The van der Waals surface area contributed by atoms with E-state index in [0.717, 1.165) is 41.2 Å². The maximum absolute atomic E-state index is 13.3. The maximum Gasteiger partial charge on any atom is 0.243 e. The number of benzene rings is 1. The van der Waals surface area contributed by atoms with Crippen molar-refractivity contribution >= 4 is 10.0 Å². The van der Waals surface area contributed by atoms with Gasteiger partial charge in [-0.2, -0.15) is 4.31 Å². The summed E-state index contributed by atoms with van der Waals surface area (Å²) in [6.45, 7) is 2.98. The quantitative estimate of drug-likeness (QED) is 0.370. The zero-order valence-electron chi connectivity index (χ0n) is 21.6. The normalized spacial score (nSPS) is 15.0. The first-order valence-corrected chi connectivity index (χ1v) is 14.2. The standard InChI is InChI=1S/C28H31N7O2S/c1-20-5-3-8-26(32-20)28-31-14-10-24(34-28)19-23-9-13-30-27(33-23)18-21-6-4-7-25(17-21)38(36,37)35-15-11-22(29-2)12-16-35/h3-10,13-14,17,22,29H,11-12,15-16,18-19H2,1-2H3. The van der Waals surface area contributed by atoms with Gasteiger partial charge >= 0.3 is 0 Å². The van der Waals surface area contributed by atoms with E-state index in [9.17, 15) is 8.42 Å². The van der Waals surface area contributed by atoms with Gasteiger partial charge in [0, 0.05) is 50.1 Å². The van der Waals surface area contributed by atoms with E-state index in [4.69, 9.17) is 4.98 Å². The van der Waals surface area contributed by atoms with E-state index in [1.165, 1.54) is 0 Å². The Morgan fingerprint density at radius 2 is 1.63 bits per heavy atom. The molecule has 9 nitrogen and oxygen atoms in total. The van der Waals surface area contributed by atoms with E-state index in [2.05, 4.69) is 25.3 Å². The van der Waals surface area contributed by atoms with Gasteiger partial charge in [-0.05, 0) is 68.8 Å². The van der Waals surface area contributed by atoms with Crippen molar-refractivity contribution < 1.29 is 8.42 Å². The fourth-order valence-electron chi connectivity index (χ4n) is 4.63. The van der Waals surface area contributed by atoms with Crippen LogP contribution in [0, 0.1) is 6.92 Å². The van der Waals surface area contributed by atoms with Gasteiger partial charge in [0.05, 0.1) is 16.3 Å². The fraction of sp³-hybridized carbons (Fsp3) is 0.321. The number of sulfonamides is 1. The van der Waals surface area contributed by atoms with Crippen molar-refractivity contribution in [1.82, 2.24) is 34.5 Å². The molecule has 0 saturated carbocycles. The number of piperidine rings is 1. The lowest BCUT2D eigenvalue weighted by atomic mass is 10.1. The fourth-order valence-corrected chi connectivity index (χ4v) is 6.17. The third-order valence-electron chi connectivity index (χ3n) is 6.72. The lowest BCUT2D eigenvalue weighted by Gasteiger charge is -2.31. The van der Waals surface area contributed by atoms with Crippen LogP contribution in [0.3, 0.4) is 0 Å². The molecule has 0 aliphatic carbocycles. The number of aryl methyl sites for hydroxylation is 1. The second-order valence-electron chi connectivity index (χ2n) is 9.47. The predicted octanol–water partition coefficient (Wildman–Crippen LogP) is 3.19. The molecule has 10 heteroatoms. The number of nitrogens with zero attached hydrogens (tertiary/aromatic N) is 6. The smallest absolute Gasteiger partial charge is 0.243 e. The van der Waals surface area contributed by atoms with E-state index in [1.54, 1.807) is 34.9 Å². The Morgan fingerprint density at radius 3 is 2.39 bits per heavy atom. The number of hydrogen-bond acceptors (Lipinski definition) is 8. The highest BCUT2D eigenvalue weighted by molar-refractivity contribution is 7.89. The van der Waals surface area contributed by atoms with Gasteiger partial charge in [-0.1, -0.05) is 18.2 Å². The molecule has 0 spiro atoms. The highest BCUT2D eigenvalue weighted by Gasteiger charge is 2.29. The van der Waals surface area contributed by atoms with Crippen molar-refractivity contribution in [2.45, 2.75) is 43.5 Å². The summed E-state index contributed by atoms with van der Waals surface area (Å²) < 4.78 is 28.1. The molecular formula is C28H31N7O2S. The molecule has 1 aliphatic rings. The van der Waals surface area contributed by atoms with Gasteiger partial charge in [-0.15, -0.1) is 0 Å². The summed E-state index contributed by atoms with van der Waals surface area (Å²) in [5.74, 6) is 1.20. The molecule has 0 atom stereocenters. The van der Waals surface area contributed by atoms with Crippen LogP contribution >= 0.6 is 0 Å². The molecule has 5 rings (SSSR count). The highest BCUT2D eigenvalue weighted by atomic mass is 32.2. The van der Waals surface area contributed by atoms with E-state index in [-0.39, 0.29) is 0 Å². The zero-order chi connectivity index (χ0) is 26.5. The van der Waals surface area contributed by atoms with Crippen LogP contribution in [-0.2, 0) is 22.9 Å². The molecule has 1 aromatic carbocycles. The molecule has 0 bridgehead atoms. The van der Waals surface area contributed by atoms with Crippen LogP contribution in [0.4, 0.5) is 0 Å². The monoisotopic (exact) mass is 529 g/mol. The summed E-state index contributed by atoms with van der Waals surface area (Å²) in [7, 11) is -1.62. The Balaban J connectivity index is 1.30. The molecule has 1 saturated heterocycles. The Bertz CT molecular complexity index is 1520. The van der Waals surface area contributed by atoms with Gasteiger partial charge in [0.15, 0.2) is 5.82 Å². The van der Waals surface area contributed by atoms with Crippen molar-refractivity contribution in [2.75, 3.05) is 20.1 Å². The highest BCUT2D eigenvalue weighted by Crippen LogP contribution is 2.22. The van der Waals surface area contributed by atoms with Crippen LogP contribution in [-0.4, -0.2) is 63.8 Å². The minimum absolute atomic E-state index is 0.312. The van der Waals surface area contributed by atoms with Crippen LogP contribution in [0.25, 0.3) is 11.5 Å². The Hall–Kier alpha value is -3.60. The summed E-state index contributed by atoms with van der Waals surface area (Å²) in [6.07, 6.45) is 6.04. The maximum atomic E-state index is 13.3. The Morgan fingerprint density at radius 1 is 0.895 bits per heavy atom. The van der Waals surface area contributed by atoms with Gasteiger partial charge in [0.2, 0.25) is 10.0 Å². The molecule has 0 amide bonds. The molecular weight excluding hydrogens is 498 g/mol. The molecule has 4 heterocycles. The van der Waals surface area contributed by atoms with Crippen molar-refractivity contribution in [1.29, 1.82) is 0 Å². The summed E-state index contributed by atoms with van der Waals surface area (Å²) >= 11 is 0. The van der Waals surface area contributed by atoms with E-state index < -0.39 is 10.0 Å². The second kappa shape index (κ2) is 11.4. The first-order valence-electron chi connectivity index (χ1n) is 12.7. The minimum Gasteiger partial charge on any atom is -0.317 e. The SMILES string of the molecule is CNC1CCN(S(=O)(=O)c2cccc(Cc3nccc(Cc4ccnc(-c5cccc(C)n5)n4)n3)c2)CC1. The van der Waals surface area contributed by atoms with Crippen molar-refractivity contribution in [3.63, 3.8) is 0 Å². The first kappa shape index (κ1) is 26.0. The van der Waals surface area contributed by atoms with Gasteiger partial charge in [-0.3, -0.25) is 0 Å². The largest absolute Gasteiger partial charge is 0.317 e. The van der Waals surface area contributed by atoms with Crippen LogP contribution in [0.15, 0.2) is 71.9 Å². The molecule has 0 unspecified atom stereocenters. The molecule has 1 N–H and O–H groups in total. The summed E-state index contributed by atoms with van der Waals surface area (Å²) in [4.78, 5) is 23.0. The van der Waals surface area contributed by atoms with Gasteiger partial charge in [0.1, 0.15) is 11.5 Å². The van der Waals surface area contributed by atoms with Crippen molar-refractivity contribution in [3.05, 3.63) is 95.5 Å². The van der Waals surface area contributed by atoms with Gasteiger partial charge in [-0.25, -0.2) is 33.3 Å². The zero-order valence-corrected chi connectivity index (χ0v) is 22.4. The van der Waals surface area contributed by atoms with Crippen molar-refractivity contribution in [3.8, 4) is 11.5 Å². The lowest BCUT2D eigenvalue weighted by Crippen LogP contribution is -2.43. The summed E-state index contributed by atoms with van der Waals surface area (Å²) in [5, 5.41) is 3.24. The topological polar surface area (TPSA) is 114 Å². The van der Waals surface area contributed by atoms with Crippen LogP contribution in [0.2, 0.25) is 0 Å². The first-order chi connectivity index (χ1) is 18.4. The van der Waals surface area contributed by atoms with Crippen LogP contribution in [0.1, 0.15) is 41.3 Å². The predicted molar refractivity (Wildman–Crippen MR) is 145 cm³/mol. The molecule has 4 aromatic rings. The van der Waals surface area contributed by atoms with E-state index >= 15 is 0 Å². The average molecular weight is 530 g/mol. The third kappa shape index (κ3) is 6.09. The van der Waals surface area contributed by atoms with Crippen molar-refractivity contribution in [2.24, 2.45) is 0 Å². The summed E-state index contributed by atoms with van der Waals surface area (Å²) in [6, 6.07) is 17.0. The number of nitrogens with one attached hydrogen (secondary N) is 1. The number of rotatable bonds is 8. The van der Waals surface area contributed by atoms with Crippen LogP contribution < -0.4 is 5.32 Å². The minimum atomic E-state index is -3.54. The van der Waals surface area contributed by atoms with E-state index in [1.807, 2.05) is 50.4 Å². The lowest BCUT2D eigenvalue weighted by molar-refractivity contribution is 0.298. The third-order valence-corrected chi connectivity index (χ3v) is 8.61. The Labute approximate surface area is 223 Å². The number of aromatic nitrogens is 5. The second-order valence-corrected chi connectivity index (χ2v) is 11.4. The molecule has 1 fully saturated rings. The Kier molecular flexibility index (Phi) is 7.82. The summed E-state index contributed by atoms with van der Waals surface area (Å²) in [5.41, 5.74) is 4.15. The molecule has 38 heavy (non-hydrogen) atoms. The molecule has 196 valence electrons. The average Bonchev–Trinajstić information content (AvgIpc) is 2.93. The molecule has 3 aromatic heterocycles. The number of pyridine rings is 1. The molecule has 1 aliphatic heterocycles.